The minimum absolute atomic E-state index is 0.162. The molecule has 0 unspecified atom stereocenters. The van der Waals surface area contributed by atoms with Crippen molar-refractivity contribution in [2.75, 3.05) is 0 Å². The van der Waals surface area contributed by atoms with Crippen molar-refractivity contribution in [1.29, 1.82) is 0 Å². The molecule has 1 aliphatic rings. The lowest BCUT2D eigenvalue weighted by Gasteiger charge is -2.24. The van der Waals surface area contributed by atoms with Gasteiger partial charge < -0.3 is 10.4 Å². The summed E-state index contributed by atoms with van der Waals surface area (Å²) in [5.74, 6) is 0. The lowest BCUT2D eigenvalue weighted by Crippen LogP contribution is -2.40. The van der Waals surface area contributed by atoms with Gasteiger partial charge in [-0.3, -0.25) is 0 Å². The quantitative estimate of drug-likeness (QED) is 0.801. The maximum absolute atomic E-state index is 10.3. The monoisotopic (exact) mass is 219 g/mol. The number of aliphatic hydroxyl groups excluding tert-OH is 1. The van der Waals surface area contributed by atoms with E-state index in [-0.39, 0.29) is 17.7 Å². The Balaban J connectivity index is 2.11. The van der Waals surface area contributed by atoms with Crippen LogP contribution in [0.2, 0.25) is 0 Å². The molecule has 1 saturated heterocycles. The normalized spacial score (nSPS) is 25.6. The molecule has 2 nitrogen and oxygen atoms in total. The van der Waals surface area contributed by atoms with E-state index < -0.39 is 0 Å². The number of hydrogen-bond donors (Lipinski definition) is 2. The van der Waals surface area contributed by atoms with E-state index in [2.05, 4.69) is 38.2 Å². The van der Waals surface area contributed by atoms with Crippen LogP contribution in [0.15, 0.2) is 24.3 Å². The zero-order valence-electron chi connectivity index (χ0n) is 10.3. The van der Waals surface area contributed by atoms with Crippen molar-refractivity contribution >= 4 is 0 Å². The number of rotatable bonds is 2. The van der Waals surface area contributed by atoms with E-state index in [0.717, 1.165) is 18.4 Å². The standard InChI is InChI=1S/C14H21NO/c1-10-5-4-6-11(9-10)13(16)12-7-8-14(2,3)15-12/h4-6,9,12-13,15-16H,7-8H2,1-3H3/t12-,13-/m1/s1. The van der Waals surface area contributed by atoms with Crippen LogP contribution in [0.4, 0.5) is 0 Å². The minimum Gasteiger partial charge on any atom is -0.387 e. The molecule has 0 aromatic heterocycles. The lowest BCUT2D eigenvalue weighted by atomic mass is 9.99. The fourth-order valence-corrected chi connectivity index (χ4v) is 2.49. The number of nitrogens with one attached hydrogen (secondary N) is 1. The van der Waals surface area contributed by atoms with Gasteiger partial charge in [-0.15, -0.1) is 0 Å². The van der Waals surface area contributed by atoms with Crippen LogP contribution in [0.3, 0.4) is 0 Å². The molecule has 88 valence electrons. The molecule has 0 radical (unpaired) electrons. The van der Waals surface area contributed by atoms with Crippen LogP contribution in [0, 0.1) is 6.92 Å². The van der Waals surface area contributed by atoms with Crippen LogP contribution in [-0.2, 0) is 0 Å². The second-order valence-electron chi connectivity index (χ2n) is 5.53. The highest BCUT2D eigenvalue weighted by atomic mass is 16.3. The van der Waals surface area contributed by atoms with E-state index in [0.29, 0.717) is 0 Å². The van der Waals surface area contributed by atoms with Gasteiger partial charge in [0, 0.05) is 11.6 Å². The van der Waals surface area contributed by atoms with Gasteiger partial charge in [0.1, 0.15) is 0 Å². The van der Waals surface area contributed by atoms with Crippen molar-refractivity contribution in [2.45, 2.75) is 51.3 Å². The Morgan fingerprint density at radius 2 is 2.19 bits per heavy atom. The van der Waals surface area contributed by atoms with Gasteiger partial charge >= 0.3 is 0 Å². The number of benzene rings is 1. The first kappa shape index (κ1) is 11.6. The van der Waals surface area contributed by atoms with Crippen molar-refractivity contribution in [2.24, 2.45) is 0 Å². The zero-order chi connectivity index (χ0) is 11.8. The number of hydrogen-bond acceptors (Lipinski definition) is 2. The van der Waals surface area contributed by atoms with Crippen LogP contribution in [0.1, 0.15) is 43.9 Å². The molecule has 2 rings (SSSR count). The summed E-state index contributed by atoms with van der Waals surface area (Å²) in [7, 11) is 0. The molecule has 2 heteroatoms. The highest BCUT2D eigenvalue weighted by Crippen LogP contribution is 2.30. The van der Waals surface area contributed by atoms with Crippen molar-refractivity contribution in [3.63, 3.8) is 0 Å². The Morgan fingerprint density at radius 1 is 1.44 bits per heavy atom. The third-order valence-corrected chi connectivity index (χ3v) is 3.42. The Kier molecular flexibility index (Phi) is 3.04. The van der Waals surface area contributed by atoms with E-state index in [4.69, 9.17) is 0 Å². The predicted octanol–water partition coefficient (Wildman–Crippen LogP) is 2.56. The lowest BCUT2D eigenvalue weighted by molar-refractivity contribution is 0.131. The van der Waals surface area contributed by atoms with Gasteiger partial charge in [-0.2, -0.15) is 0 Å². The van der Waals surface area contributed by atoms with Gasteiger partial charge in [0.05, 0.1) is 6.10 Å². The molecule has 1 aromatic carbocycles. The highest BCUT2D eigenvalue weighted by molar-refractivity contribution is 5.25. The number of aliphatic hydroxyl groups is 1. The van der Waals surface area contributed by atoms with Gasteiger partial charge in [-0.25, -0.2) is 0 Å². The molecule has 2 atom stereocenters. The second kappa shape index (κ2) is 4.19. The maximum Gasteiger partial charge on any atom is 0.0943 e. The summed E-state index contributed by atoms with van der Waals surface area (Å²) in [5, 5.41) is 13.8. The van der Waals surface area contributed by atoms with E-state index in [9.17, 15) is 5.11 Å². The Hall–Kier alpha value is -0.860. The fraction of sp³-hybridized carbons (Fsp3) is 0.571. The fourth-order valence-electron chi connectivity index (χ4n) is 2.49. The predicted molar refractivity (Wildman–Crippen MR) is 66.4 cm³/mol. The summed E-state index contributed by atoms with van der Waals surface area (Å²) in [5.41, 5.74) is 2.39. The van der Waals surface area contributed by atoms with Crippen molar-refractivity contribution < 1.29 is 5.11 Å². The van der Waals surface area contributed by atoms with E-state index in [1.54, 1.807) is 0 Å². The molecule has 1 fully saturated rings. The van der Waals surface area contributed by atoms with Crippen LogP contribution in [0.25, 0.3) is 0 Å². The minimum atomic E-state index is -0.387. The molecule has 1 aliphatic heterocycles. The van der Waals surface area contributed by atoms with Gasteiger partial charge in [-0.05, 0) is 39.2 Å². The zero-order valence-corrected chi connectivity index (χ0v) is 10.3. The molecular formula is C14H21NO. The largest absolute Gasteiger partial charge is 0.387 e. The molecule has 1 aromatic rings. The van der Waals surface area contributed by atoms with Gasteiger partial charge in [0.15, 0.2) is 0 Å². The average Bonchev–Trinajstić information content (AvgIpc) is 2.58. The first-order chi connectivity index (χ1) is 7.48. The van der Waals surface area contributed by atoms with Crippen LogP contribution in [-0.4, -0.2) is 16.7 Å². The Bertz CT molecular complexity index is 373. The number of aryl methyl sites for hydroxylation is 1. The maximum atomic E-state index is 10.3. The van der Waals surface area contributed by atoms with E-state index in [1.165, 1.54) is 5.56 Å². The highest BCUT2D eigenvalue weighted by Gasteiger charge is 2.34. The molecule has 2 N–H and O–H groups in total. The van der Waals surface area contributed by atoms with E-state index >= 15 is 0 Å². The molecule has 1 heterocycles. The first-order valence-corrected chi connectivity index (χ1v) is 6.00. The third-order valence-electron chi connectivity index (χ3n) is 3.42. The molecule has 0 spiro atoms. The molecule has 16 heavy (non-hydrogen) atoms. The summed E-state index contributed by atoms with van der Waals surface area (Å²) < 4.78 is 0. The average molecular weight is 219 g/mol. The van der Waals surface area contributed by atoms with Gasteiger partial charge in [0.2, 0.25) is 0 Å². The van der Waals surface area contributed by atoms with Crippen molar-refractivity contribution in [1.82, 2.24) is 5.32 Å². The second-order valence-corrected chi connectivity index (χ2v) is 5.53. The van der Waals surface area contributed by atoms with E-state index in [1.807, 2.05) is 12.1 Å². The Morgan fingerprint density at radius 3 is 2.75 bits per heavy atom. The molecule has 0 saturated carbocycles. The SMILES string of the molecule is Cc1cccc([C@@H](O)[C@H]2CCC(C)(C)N2)c1. The smallest absolute Gasteiger partial charge is 0.0943 e. The molecule has 0 amide bonds. The van der Waals surface area contributed by atoms with Gasteiger partial charge in [0.25, 0.3) is 0 Å². The molecule has 0 bridgehead atoms. The summed E-state index contributed by atoms with van der Waals surface area (Å²) in [6, 6.07) is 8.33. The summed E-state index contributed by atoms with van der Waals surface area (Å²) in [6.07, 6.45) is 1.78. The van der Waals surface area contributed by atoms with Gasteiger partial charge in [-0.1, -0.05) is 29.8 Å². The molecule has 0 aliphatic carbocycles. The first-order valence-electron chi connectivity index (χ1n) is 6.00. The third kappa shape index (κ3) is 2.45. The van der Waals surface area contributed by atoms with Crippen LogP contribution in [0.5, 0.6) is 0 Å². The topological polar surface area (TPSA) is 32.3 Å². The van der Waals surface area contributed by atoms with Crippen molar-refractivity contribution in [3.05, 3.63) is 35.4 Å². The summed E-state index contributed by atoms with van der Waals surface area (Å²) in [4.78, 5) is 0. The summed E-state index contributed by atoms with van der Waals surface area (Å²) in [6.45, 7) is 6.44. The van der Waals surface area contributed by atoms with Crippen LogP contribution < -0.4 is 5.32 Å². The van der Waals surface area contributed by atoms with Crippen LogP contribution >= 0.6 is 0 Å². The Labute approximate surface area is 97.7 Å². The summed E-state index contributed by atoms with van der Waals surface area (Å²) >= 11 is 0. The molecular weight excluding hydrogens is 198 g/mol. The van der Waals surface area contributed by atoms with Crippen molar-refractivity contribution in [3.8, 4) is 0 Å².